The van der Waals surface area contributed by atoms with Crippen molar-refractivity contribution >= 4 is 17.5 Å². The minimum atomic E-state index is -0.904. The minimum Gasteiger partial charge on any atom is -0.467 e. The van der Waals surface area contributed by atoms with Crippen molar-refractivity contribution in [2.45, 2.75) is 18.9 Å². The van der Waals surface area contributed by atoms with E-state index in [0.717, 1.165) is 11.3 Å². The van der Waals surface area contributed by atoms with Gasteiger partial charge in [0, 0.05) is 12.1 Å². The predicted molar refractivity (Wildman–Crippen MR) is 83.8 cm³/mol. The molecule has 1 aromatic heterocycles. The highest BCUT2D eigenvalue weighted by Crippen LogP contribution is 2.27. The van der Waals surface area contributed by atoms with Gasteiger partial charge in [-0.1, -0.05) is 18.2 Å². The van der Waals surface area contributed by atoms with E-state index in [1.54, 1.807) is 12.1 Å². The van der Waals surface area contributed by atoms with E-state index in [1.165, 1.54) is 11.2 Å². The van der Waals surface area contributed by atoms with Crippen LogP contribution in [0.1, 0.15) is 23.8 Å². The number of furan rings is 1. The average molecular weight is 314 g/mol. The molecule has 0 radical (unpaired) electrons. The quantitative estimate of drug-likeness (QED) is 0.874. The third kappa shape index (κ3) is 3.43. The third-order valence-electron chi connectivity index (χ3n) is 3.86. The fourth-order valence-corrected chi connectivity index (χ4v) is 2.66. The number of hydrogen-bond donors (Lipinski definition) is 2. The van der Waals surface area contributed by atoms with Crippen LogP contribution in [-0.2, 0) is 16.0 Å². The summed E-state index contributed by atoms with van der Waals surface area (Å²) in [4.78, 5) is 25.7. The lowest BCUT2D eigenvalue weighted by molar-refractivity contribution is -0.124. The number of aryl methyl sites for hydroxylation is 1. The number of nitrogens with one attached hydrogen (secondary N) is 1. The van der Waals surface area contributed by atoms with E-state index >= 15 is 0 Å². The van der Waals surface area contributed by atoms with Gasteiger partial charge in [0.2, 0.25) is 11.8 Å². The Morgan fingerprint density at radius 3 is 2.87 bits per heavy atom. The molecule has 1 aromatic carbocycles. The number of para-hydroxylation sites is 1. The van der Waals surface area contributed by atoms with Crippen LogP contribution in [0.25, 0.3) is 0 Å². The van der Waals surface area contributed by atoms with Crippen molar-refractivity contribution in [3.8, 4) is 0 Å². The molecule has 1 unspecified atom stereocenters. The zero-order valence-electron chi connectivity index (χ0n) is 12.6. The molecule has 0 saturated carbocycles. The van der Waals surface area contributed by atoms with Gasteiger partial charge in [-0.3, -0.25) is 9.59 Å². The first kappa shape index (κ1) is 15.3. The molecule has 0 fully saturated rings. The van der Waals surface area contributed by atoms with Crippen molar-refractivity contribution in [3.63, 3.8) is 0 Å². The van der Waals surface area contributed by atoms with Crippen molar-refractivity contribution in [1.29, 1.82) is 0 Å². The SMILES string of the molecule is O=C(CN1C(=O)CCc2ccccc21)NCC(O)c1ccco1. The smallest absolute Gasteiger partial charge is 0.240 e. The number of benzene rings is 1. The monoisotopic (exact) mass is 314 g/mol. The predicted octanol–water partition coefficient (Wildman–Crippen LogP) is 1.41. The molecule has 23 heavy (non-hydrogen) atoms. The van der Waals surface area contributed by atoms with Crippen LogP contribution in [0.5, 0.6) is 0 Å². The fraction of sp³-hybridized carbons (Fsp3) is 0.294. The summed E-state index contributed by atoms with van der Waals surface area (Å²) >= 11 is 0. The maximum Gasteiger partial charge on any atom is 0.240 e. The summed E-state index contributed by atoms with van der Waals surface area (Å²) in [5, 5.41) is 12.5. The molecule has 0 bridgehead atoms. The molecule has 0 saturated heterocycles. The van der Waals surface area contributed by atoms with E-state index in [2.05, 4.69) is 5.32 Å². The molecule has 1 aliphatic heterocycles. The number of nitrogens with zero attached hydrogens (tertiary/aromatic N) is 1. The number of aliphatic hydroxyl groups excluding tert-OH is 1. The number of rotatable bonds is 5. The Morgan fingerprint density at radius 2 is 2.09 bits per heavy atom. The fourth-order valence-electron chi connectivity index (χ4n) is 2.66. The van der Waals surface area contributed by atoms with Crippen molar-refractivity contribution in [3.05, 3.63) is 54.0 Å². The molecule has 1 aliphatic rings. The van der Waals surface area contributed by atoms with Crippen molar-refractivity contribution in [1.82, 2.24) is 5.32 Å². The molecular formula is C17H18N2O4. The number of anilines is 1. The maximum absolute atomic E-state index is 12.1. The summed E-state index contributed by atoms with van der Waals surface area (Å²) in [7, 11) is 0. The van der Waals surface area contributed by atoms with Gasteiger partial charge in [0.15, 0.2) is 0 Å². The maximum atomic E-state index is 12.1. The second-order valence-electron chi connectivity index (χ2n) is 5.44. The average Bonchev–Trinajstić information content (AvgIpc) is 3.10. The van der Waals surface area contributed by atoms with Gasteiger partial charge in [0.05, 0.1) is 12.8 Å². The number of amides is 2. The normalized spacial score (nSPS) is 15.2. The minimum absolute atomic E-state index is 0.0377. The topological polar surface area (TPSA) is 82.8 Å². The van der Waals surface area contributed by atoms with Gasteiger partial charge in [-0.2, -0.15) is 0 Å². The number of hydrogen-bond acceptors (Lipinski definition) is 4. The van der Waals surface area contributed by atoms with Crippen molar-refractivity contribution < 1.29 is 19.1 Å². The molecular weight excluding hydrogens is 296 g/mol. The molecule has 1 atom stereocenters. The summed E-state index contributed by atoms with van der Waals surface area (Å²) in [6.07, 6.45) is 1.66. The van der Waals surface area contributed by atoms with Crippen LogP contribution in [0.4, 0.5) is 5.69 Å². The summed E-state index contributed by atoms with van der Waals surface area (Å²) in [5.74, 6) is 0.00999. The molecule has 2 N–H and O–H groups in total. The zero-order chi connectivity index (χ0) is 16.2. The summed E-state index contributed by atoms with van der Waals surface area (Å²) in [6, 6.07) is 10.9. The second-order valence-corrected chi connectivity index (χ2v) is 5.44. The summed E-state index contributed by atoms with van der Waals surface area (Å²) in [5.41, 5.74) is 1.85. The van der Waals surface area contributed by atoms with Crippen LogP contribution in [0.2, 0.25) is 0 Å². The van der Waals surface area contributed by atoms with Crippen molar-refractivity contribution in [2.75, 3.05) is 18.0 Å². The second kappa shape index (κ2) is 6.66. The number of aliphatic hydroxyl groups is 1. The van der Waals surface area contributed by atoms with E-state index in [-0.39, 0.29) is 24.9 Å². The van der Waals surface area contributed by atoms with Gasteiger partial charge in [0.1, 0.15) is 18.4 Å². The Morgan fingerprint density at radius 1 is 1.26 bits per heavy atom. The lowest BCUT2D eigenvalue weighted by atomic mass is 10.0. The molecule has 2 amide bonds. The standard InChI is InChI=1S/C17H18N2O4/c20-14(15-6-3-9-23-15)10-18-16(21)11-19-13-5-2-1-4-12(13)7-8-17(19)22/h1-6,9,14,20H,7-8,10-11H2,(H,18,21). The van der Waals surface area contributed by atoms with Crippen LogP contribution >= 0.6 is 0 Å². The van der Waals surface area contributed by atoms with Gasteiger partial charge in [-0.05, 0) is 30.2 Å². The molecule has 120 valence electrons. The van der Waals surface area contributed by atoms with Gasteiger partial charge in [0.25, 0.3) is 0 Å². The molecule has 6 heteroatoms. The van der Waals surface area contributed by atoms with Crippen LogP contribution in [0.3, 0.4) is 0 Å². The van der Waals surface area contributed by atoms with Gasteiger partial charge in [-0.25, -0.2) is 0 Å². The summed E-state index contributed by atoms with van der Waals surface area (Å²) in [6.45, 7) is -0.0171. The lowest BCUT2D eigenvalue weighted by Gasteiger charge is -2.28. The van der Waals surface area contributed by atoms with Gasteiger partial charge >= 0.3 is 0 Å². The third-order valence-corrected chi connectivity index (χ3v) is 3.86. The Labute approximate surface area is 133 Å². The van der Waals surface area contributed by atoms with E-state index in [4.69, 9.17) is 4.42 Å². The molecule has 3 rings (SSSR count). The number of fused-ring (bicyclic) bond motifs is 1. The van der Waals surface area contributed by atoms with Crippen LogP contribution in [0.15, 0.2) is 47.1 Å². The molecule has 2 aromatic rings. The molecule has 0 aliphatic carbocycles. The first-order valence-electron chi connectivity index (χ1n) is 7.51. The largest absolute Gasteiger partial charge is 0.467 e. The highest BCUT2D eigenvalue weighted by atomic mass is 16.4. The van der Waals surface area contributed by atoms with Gasteiger partial charge < -0.3 is 19.7 Å². The number of carbonyl (C=O) groups excluding carboxylic acids is 2. The van der Waals surface area contributed by atoms with Crippen LogP contribution in [-0.4, -0.2) is 30.0 Å². The Balaban J connectivity index is 1.60. The van der Waals surface area contributed by atoms with E-state index in [9.17, 15) is 14.7 Å². The molecule has 2 heterocycles. The van der Waals surface area contributed by atoms with Crippen LogP contribution in [0, 0.1) is 0 Å². The molecule has 6 nitrogen and oxygen atoms in total. The number of carbonyl (C=O) groups is 2. The zero-order valence-corrected chi connectivity index (χ0v) is 12.6. The Hall–Kier alpha value is -2.60. The Bertz CT molecular complexity index is 696. The summed E-state index contributed by atoms with van der Waals surface area (Å²) < 4.78 is 5.08. The van der Waals surface area contributed by atoms with E-state index < -0.39 is 6.10 Å². The molecule has 0 spiro atoms. The van der Waals surface area contributed by atoms with E-state index in [1.807, 2.05) is 24.3 Å². The van der Waals surface area contributed by atoms with Crippen molar-refractivity contribution in [2.24, 2.45) is 0 Å². The van der Waals surface area contributed by atoms with Crippen LogP contribution < -0.4 is 10.2 Å². The lowest BCUT2D eigenvalue weighted by Crippen LogP contribution is -2.43. The van der Waals surface area contributed by atoms with Gasteiger partial charge in [-0.15, -0.1) is 0 Å². The first-order chi connectivity index (χ1) is 11.1. The van der Waals surface area contributed by atoms with E-state index in [0.29, 0.717) is 18.6 Å². The highest BCUT2D eigenvalue weighted by molar-refractivity contribution is 6.00. The Kier molecular flexibility index (Phi) is 4.43. The first-order valence-corrected chi connectivity index (χ1v) is 7.51. The highest BCUT2D eigenvalue weighted by Gasteiger charge is 2.25.